The van der Waals surface area contributed by atoms with E-state index in [9.17, 15) is 14.0 Å². The highest BCUT2D eigenvalue weighted by molar-refractivity contribution is 9.10. The molecule has 2 rings (SSSR count). The minimum Gasteiger partial charge on any atom is -0.444 e. The summed E-state index contributed by atoms with van der Waals surface area (Å²) < 4.78 is 20.0. The van der Waals surface area contributed by atoms with E-state index in [1.807, 2.05) is 0 Å². The number of carbonyl (C=O) groups excluding carboxylic acids is 2. The summed E-state index contributed by atoms with van der Waals surface area (Å²) in [5.41, 5.74) is -0.103. The summed E-state index contributed by atoms with van der Waals surface area (Å²) in [4.78, 5) is 25.8. The van der Waals surface area contributed by atoms with Crippen LogP contribution in [0.5, 0.6) is 0 Å². The van der Waals surface area contributed by atoms with Crippen LogP contribution in [-0.2, 0) is 16.0 Å². The molecule has 0 aliphatic carbocycles. The van der Waals surface area contributed by atoms with Gasteiger partial charge in [-0.15, -0.1) is 0 Å². The van der Waals surface area contributed by atoms with E-state index < -0.39 is 17.6 Å². The standard InChI is InChI=1S/C17H21BrFNO3/c1-17(2,3)23-16(22)20-7-6-15(21)12(10-20)8-11-9-13(18)4-5-14(11)19/h4-5,9,12H,6-8,10H2,1-3H3. The maximum atomic E-state index is 13.9. The number of ether oxygens (including phenoxy) is 1. The van der Waals surface area contributed by atoms with Crippen molar-refractivity contribution in [2.45, 2.75) is 39.2 Å². The van der Waals surface area contributed by atoms with Gasteiger partial charge < -0.3 is 9.64 Å². The number of Topliss-reactive ketones (excluding diaryl/α,β-unsaturated/α-hetero) is 1. The number of amides is 1. The fraction of sp³-hybridized carbons (Fsp3) is 0.529. The fourth-order valence-electron chi connectivity index (χ4n) is 2.54. The van der Waals surface area contributed by atoms with Gasteiger partial charge in [0.05, 0.1) is 0 Å². The van der Waals surface area contributed by atoms with Gasteiger partial charge in [-0.3, -0.25) is 4.79 Å². The lowest BCUT2D eigenvalue weighted by Gasteiger charge is -2.33. The maximum absolute atomic E-state index is 13.9. The molecule has 0 aromatic heterocycles. The van der Waals surface area contributed by atoms with Gasteiger partial charge in [0, 0.05) is 29.9 Å². The molecule has 1 aliphatic rings. The van der Waals surface area contributed by atoms with E-state index >= 15 is 0 Å². The molecule has 23 heavy (non-hydrogen) atoms. The van der Waals surface area contributed by atoms with Crippen LogP contribution in [0.3, 0.4) is 0 Å². The minimum atomic E-state index is -0.579. The average molecular weight is 386 g/mol. The van der Waals surface area contributed by atoms with Crippen molar-refractivity contribution in [2.24, 2.45) is 5.92 Å². The number of rotatable bonds is 2. The minimum absolute atomic E-state index is 0.0594. The molecule has 1 aromatic rings. The van der Waals surface area contributed by atoms with Gasteiger partial charge in [-0.05, 0) is 51.0 Å². The first kappa shape index (κ1) is 17.9. The molecule has 4 nitrogen and oxygen atoms in total. The van der Waals surface area contributed by atoms with Gasteiger partial charge in [0.15, 0.2) is 0 Å². The molecule has 1 unspecified atom stereocenters. The van der Waals surface area contributed by atoms with E-state index in [4.69, 9.17) is 4.74 Å². The first-order chi connectivity index (χ1) is 10.7. The van der Waals surface area contributed by atoms with Gasteiger partial charge in [0.1, 0.15) is 17.2 Å². The third-order valence-electron chi connectivity index (χ3n) is 3.65. The molecule has 1 amide bonds. The number of hydrogen-bond donors (Lipinski definition) is 0. The van der Waals surface area contributed by atoms with Crippen molar-refractivity contribution in [1.82, 2.24) is 4.90 Å². The van der Waals surface area contributed by atoms with E-state index in [2.05, 4.69) is 15.9 Å². The summed E-state index contributed by atoms with van der Waals surface area (Å²) >= 11 is 3.31. The number of ketones is 1. The van der Waals surface area contributed by atoms with Crippen molar-refractivity contribution >= 4 is 27.8 Å². The summed E-state index contributed by atoms with van der Waals surface area (Å²) in [6.45, 7) is 6.02. The SMILES string of the molecule is CC(C)(C)OC(=O)N1CCC(=O)C(Cc2cc(Br)ccc2F)C1. The normalized spacial score (nSPS) is 18.9. The summed E-state index contributed by atoms with van der Waals surface area (Å²) in [7, 11) is 0. The van der Waals surface area contributed by atoms with Crippen LogP contribution in [0.2, 0.25) is 0 Å². The van der Waals surface area contributed by atoms with Gasteiger partial charge in [0.25, 0.3) is 0 Å². The Kier molecular flexibility index (Phi) is 5.45. The summed E-state index contributed by atoms with van der Waals surface area (Å²) in [5.74, 6) is -0.681. The predicted molar refractivity (Wildman–Crippen MR) is 88.7 cm³/mol. The Morgan fingerprint density at radius 3 is 2.78 bits per heavy atom. The molecule has 1 aliphatic heterocycles. The van der Waals surface area contributed by atoms with E-state index in [1.54, 1.807) is 32.9 Å². The van der Waals surface area contributed by atoms with Crippen LogP contribution in [0.4, 0.5) is 9.18 Å². The molecule has 1 heterocycles. The number of nitrogens with zero attached hydrogens (tertiary/aromatic N) is 1. The molecular formula is C17H21BrFNO3. The highest BCUT2D eigenvalue weighted by Crippen LogP contribution is 2.23. The second-order valence-corrected chi connectivity index (χ2v) is 7.70. The Morgan fingerprint density at radius 2 is 2.13 bits per heavy atom. The lowest BCUT2D eigenvalue weighted by Crippen LogP contribution is -2.46. The predicted octanol–water partition coefficient (Wildman–Crippen LogP) is 3.96. The third kappa shape index (κ3) is 5.03. The maximum Gasteiger partial charge on any atom is 0.410 e. The zero-order chi connectivity index (χ0) is 17.2. The second-order valence-electron chi connectivity index (χ2n) is 6.78. The van der Waals surface area contributed by atoms with Crippen molar-refractivity contribution in [1.29, 1.82) is 0 Å². The molecule has 1 atom stereocenters. The first-order valence-electron chi connectivity index (χ1n) is 7.60. The van der Waals surface area contributed by atoms with Gasteiger partial charge in [-0.25, -0.2) is 9.18 Å². The Hall–Kier alpha value is -1.43. The molecular weight excluding hydrogens is 365 g/mol. The van der Waals surface area contributed by atoms with Crippen molar-refractivity contribution in [3.05, 3.63) is 34.1 Å². The Balaban J connectivity index is 2.08. The summed E-state index contributed by atoms with van der Waals surface area (Å²) in [6, 6.07) is 4.67. The molecule has 0 N–H and O–H groups in total. The van der Waals surface area contributed by atoms with E-state index in [0.29, 0.717) is 12.1 Å². The van der Waals surface area contributed by atoms with Gasteiger partial charge >= 0.3 is 6.09 Å². The molecule has 1 aromatic carbocycles. The van der Waals surface area contributed by atoms with E-state index in [1.165, 1.54) is 11.0 Å². The lowest BCUT2D eigenvalue weighted by molar-refractivity contribution is -0.125. The molecule has 1 fully saturated rings. The molecule has 6 heteroatoms. The molecule has 0 bridgehead atoms. The van der Waals surface area contributed by atoms with Crippen LogP contribution in [0, 0.1) is 11.7 Å². The Bertz CT molecular complexity index is 612. The van der Waals surface area contributed by atoms with Crippen LogP contribution in [0.25, 0.3) is 0 Å². The van der Waals surface area contributed by atoms with Crippen molar-refractivity contribution in [2.75, 3.05) is 13.1 Å². The number of carbonyl (C=O) groups is 2. The zero-order valence-corrected chi connectivity index (χ0v) is 15.2. The monoisotopic (exact) mass is 385 g/mol. The van der Waals surface area contributed by atoms with E-state index in [-0.39, 0.29) is 31.0 Å². The lowest BCUT2D eigenvalue weighted by atomic mass is 9.90. The van der Waals surface area contributed by atoms with Crippen molar-refractivity contribution in [3.8, 4) is 0 Å². The molecule has 126 valence electrons. The molecule has 0 saturated carbocycles. The third-order valence-corrected chi connectivity index (χ3v) is 4.14. The summed E-state index contributed by atoms with van der Waals surface area (Å²) in [5, 5.41) is 0. The average Bonchev–Trinajstić information content (AvgIpc) is 2.43. The topological polar surface area (TPSA) is 46.6 Å². The van der Waals surface area contributed by atoms with E-state index in [0.717, 1.165) is 4.47 Å². The second kappa shape index (κ2) is 6.99. The molecule has 0 radical (unpaired) electrons. The zero-order valence-electron chi connectivity index (χ0n) is 13.6. The highest BCUT2D eigenvalue weighted by Gasteiger charge is 2.32. The van der Waals surface area contributed by atoms with Gasteiger partial charge in [-0.1, -0.05) is 15.9 Å². The van der Waals surface area contributed by atoms with Crippen LogP contribution in [0.15, 0.2) is 22.7 Å². The van der Waals surface area contributed by atoms with Crippen LogP contribution in [0.1, 0.15) is 32.8 Å². The molecule has 1 saturated heterocycles. The number of likely N-dealkylation sites (tertiary alicyclic amines) is 1. The summed E-state index contributed by atoms with van der Waals surface area (Å²) in [6.07, 6.45) is 0.132. The van der Waals surface area contributed by atoms with Crippen molar-refractivity contribution < 1.29 is 18.7 Å². The van der Waals surface area contributed by atoms with Gasteiger partial charge in [-0.2, -0.15) is 0 Å². The highest BCUT2D eigenvalue weighted by atomic mass is 79.9. The molecule has 0 spiro atoms. The van der Waals surface area contributed by atoms with Crippen LogP contribution < -0.4 is 0 Å². The number of halogens is 2. The Labute approximate surface area is 144 Å². The van der Waals surface area contributed by atoms with Crippen molar-refractivity contribution in [3.63, 3.8) is 0 Å². The quantitative estimate of drug-likeness (QED) is 0.773. The van der Waals surface area contributed by atoms with Crippen LogP contribution in [-0.4, -0.2) is 35.5 Å². The Morgan fingerprint density at radius 1 is 1.43 bits per heavy atom. The number of piperidine rings is 1. The first-order valence-corrected chi connectivity index (χ1v) is 8.39. The fourth-order valence-corrected chi connectivity index (χ4v) is 2.95. The van der Waals surface area contributed by atoms with Crippen LogP contribution >= 0.6 is 15.9 Å². The number of benzene rings is 1. The largest absolute Gasteiger partial charge is 0.444 e. The smallest absolute Gasteiger partial charge is 0.410 e. The van der Waals surface area contributed by atoms with Gasteiger partial charge in [0.2, 0.25) is 0 Å². The number of hydrogen-bond acceptors (Lipinski definition) is 3.